The number of carbonyl (C=O) groups excluding carboxylic acids is 1. The molecule has 0 aliphatic rings. The fraction of sp³-hybridized carbons (Fsp3) is 0.111. The van der Waals surface area contributed by atoms with Crippen LogP contribution >= 0.6 is 0 Å². The number of pyridine rings is 1. The van der Waals surface area contributed by atoms with Gasteiger partial charge in [-0.3, -0.25) is 14.6 Å². The highest BCUT2D eigenvalue weighted by atomic mass is 32.2. The van der Waals surface area contributed by atoms with Gasteiger partial charge >= 0.3 is 0 Å². The van der Waals surface area contributed by atoms with E-state index in [9.17, 15) is 13.2 Å². The third kappa shape index (κ3) is 4.24. The minimum absolute atomic E-state index is 0.135. The minimum Gasteiger partial charge on any atom is -0.345 e. The van der Waals surface area contributed by atoms with Crippen molar-refractivity contribution in [3.05, 3.63) is 60.2 Å². The van der Waals surface area contributed by atoms with E-state index in [4.69, 9.17) is 0 Å². The van der Waals surface area contributed by atoms with E-state index in [1.165, 1.54) is 6.07 Å². The Bertz CT molecular complexity index is 1290. The fourth-order valence-electron chi connectivity index (χ4n) is 2.84. The molecule has 11 heteroatoms. The van der Waals surface area contributed by atoms with Crippen LogP contribution in [-0.2, 0) is 16.6 Å². The van der Waals surface area contributed by atoms with Gasteiger partial charge in [0, 0.05) is 34.6 Å². The van der Waals surface area contributed by atoms with Crippen LogP contribution < -0.4 is 10.0 Å². The van der Waals surface area contributed by atoms with Crippen molar-refractivity contribution < 1.29 is 13.2 Å². The maximum absolute atomic E-state index is 12.4. The summed E-state index contributed by atoms with van der Waals surface area (Å²) in [5.41, 5.74) is 2.18. The maximum Gasteiger partial charge on any atom is 0.251 e. The van der Waals surface area contributed by atoms with Gasteiger partial charge in [0.05, 0.1) is 12.8 Å². The van der Waals surface area contributed by atoms with E-state index in [2.05, 4.69) is 35.2 Å². The van der Waals surface area contributed by atoms with Gasteiger partial charge in [-0.2, -0.15) is 5.10 Å². The Kier molecular flexibility index (Phi) is 4.72. The quantitative estimate of drug-likeness (QED) is 0.379. The molecule has 4 rings (SSSR count). The Morgan fingerprint density at radius 2 is 2.07 bits per heavy atom. The lowest BCUT2D eigenvalue weighted by molar-refractivity contribution is 0.0950. The number of nitrogens with zero attached hydrogens (tertiary/aromatic N) is 3. The smallest absolute Gasteiger partial charge is 0.251 e. The van der Waals surface area contributed by atoms with Gasteiger partial charge in [0.25, 0.3) is 5.91 Å². The van der Waals surface area contributed by atoms with Gasteiger partial charge in [-0.1, -0.05) is 6.07 Å². The van der Waals surface area contributed by atoms with Crippen molar-refractivity contribution in [2.75, 3.05) is 11.0 Å². The van der Waals surface area contributed by atoms with E-state index in [-0.39, 0.29) is 12.5 Å². The van der Waals surface area contributed by atoms with Crippen molar-refractivity contribution in [2.45, 2.75) is 6.54 Å². The van der Waals surface area contributed by atoms with Gasteiger partial charge < -0.3 is 10.3 Å². The van der Waals surface area contributed by atoms with Crippen LogP contribution in [-0.4, -0.2) is 45.7 Å². The molecule has 10 nitrogen and oxygen atoms in total. The van der Waals surface area contributed by atoms with E-state index in [1.54, 1.807) is 30.6 Å². The zero-order valence-electron chi connectivity index (χ0n) is 15.3. The molecule has 4 aromatic rings. The molecular formula is C18H17N7O3S. The van der Waals surface area contributed by atoms with E-state index in [0.29, 0.717) is 22.9 Å². The Morgan fingerprint density at radius 3 is 2.90 bits per heavy atom. The van der Waals surface area contributed by atoms with E-state index in [0.717, 1.165) is 22.9 Å². The van der Waals surface area contributed by atoms with Crippen molar-refractivity contribution >= 4 is 32.7 Å². The topological polar surface area (TPSA) is 146 Å². The molecule has 0 unspecified atom stereocenters. The third-order valence-corrected chi connectivity index (χ3v) is 4.67. The highest BCUT2D eigenvalue weighted by Crippen LogP contribution is 2.24. The molecule has 148 valence electrons. The van der Waals surface area contributed by atoms with Crippen LogP contribution in [0, 0.1) is 0 Å². The number of amides is 1. The molecule has 0 atom stereocenters. The largest absolute Gasteiger partial charge is 0.345 e. The molecule has 0 saturated carbocycles. The molecule has 0 aliphatic carbocycles. The summed E-state index contributed by atoms with van der Waals surface area (Å²) >= 11 is 0. The lowest BCUT2D eigenvalue weighted by Gasteiger charge is -2.07. The zero-order chi connectivity index (χ0) is 20.4. The first-order valence-corrected chi connectivity index (χ1v) is 10.5. The number of aromatic amines is 2. The number of benzene rings is 1. The number of carbonyl (C=O) groups is 1. The number of hydrogen-bond donors (Lipinski definition) is 4. The number of aromatic nitrogens is 5. The highest BCUT2D eigenvalue weighted by Gasteiger charge is 2.13. The SMILES string of the molecule is CS(=O)(=O)Nc1cccc(C(=O)NCc2nc(-c3c[nH]c4ncccc34)n[nH]2)c1. The Balaban J connectivity index is 1.45. The van der Waals surface area contributed by atoms with Crippen molar-refractivity contribution in [2.24, 2.45) is 0 Å². The summed E-state index contributed by atoms with van der Waals surface area (Å²) in [7, 11) is -3.42. The molecule has 0 bridgehead atoms. The van der Waals surface area contributed by atoms with Gasteiger partial charge in [-0.15, -0.1) is 0 Å². The summed E-state index contributed by atoms with van der Waals surface area (Å²) in [5, 5.41) is 10.6. The first-order valence-electron chi connectivity index (χ1n) is 8.59. The normalized spacial score (nSPS) is 11.5. The summed E-state index contributed by atoms with van der Waals surface area (Å²) < 4.78 is 25.0. The van der Waals surface area contributed by atoms with E-state index < -0.39 is 10.0 Å². The molecule has 1 amide bonds. The molecule has 1 aromatic carbocycles. The molecule has 3 aromatic heterocycles. The van der Waals surface area contributed by atoms with Crippen molar-refractivity contribution in [3.63, 3.8) is 0 Å². The monoisotopic (exact) mass is 411 g/mol. The van der Waals surface area contributed by atoms with Gasteiger partial charge in [-0.25, -0.2) is 18.4 Å². The van der Waals surface area contributed by atoms with Gasteiger partial charge in [0.1, 0.15) is 11.5 Å². The molecule has 0 spiro atoms. The summed E-state index contributed by atoms with van der Waals surface area (Å²) in [6, 6.07) is 9.97. The van der Waals surface area contributed by atoms with Gasteiger partial charge in [0.15, 0.2) is 5.82 Å². The van der Waals surface area contributed by atoms with E-state index in [1.807, 2.05) is 12.1 Å². The molecule has 29 heavy (non-hydrogen) atoms. The minimum atomic E-state index is -3.42. The lowest BCUT2D eigenvalue weighted by atomic mass is 10.2. The Labute approximate surface area is 165 Å². The summed E-state index contributed by atoms with van der Waals surface area (Å²) in [6.45, 7) is 0.135. The van der Waals surface area contributed by atoms with Crippen molar-refractivity contribution in [1.29, 1.82) is 0 Å². The standard InChI is InChI=1S/C18H17N7O3S/c1-29(27,28)25-12-5-2-4-11(8-12)18(26)21-10-15-22-17(24-23-15)14-9-20-16-13(14)6-3-7-19-16/h2-9,25H,10H2,1H3,(H,19,20)(H,21,26)(H,22,23,24). The molecule has 0 aliphatic heterocycles. The van der Waals surface area contributed by atoms with Crippen LogP contribution in [0.25, 0.3) is 22.4 Å². The summed E-state index contributed by atoms with van der Waals surface area (Å²) in [4.78, 5) is 24.1. The number of fused-ring (bicyclic) bond motifs is 1. The van der Waals surface area contributed by atoms with Gasteiger partial charge in [0.2, 0.25) is 10.0 Å². The summed E-state index contributed by atoms with van der Waals surface area (Å²) in [6.07, 6.45) is 4.52. The number of sulfonamides is 1. The average molecular weight is 411 g/mol. The van der Waals surface area contributed by atoms with Crippen LogP contribution in [0.15, 0.2) is 48.8 Å². The number of H-pyrrole nitrogens is 2. The predicted molar refractivity (Wildman–Crippen MR) is 108 cm³/mol. The first kappa shape index (κ1) is 18.6. The zero-order valence-corrected chi connectivity index (χ0v) is 16.1. The molecule has 0 radical (unpaired) electrons. The first-order chi connectivity index (χ1) is 13.9. The van der Waals surface area contributed by atoms with Crippen LogP contribution in [0.3, 0.4) is 0 Å². The second-order valence-corrected chi connectivity index (χ2v) is 8.09. The van der Waals surface area contributed by atoms with E-state index >= 15 is 0 Å². The maximum atomic E-state index is 12.4. The molecule has 0 saturated heterocycles. The highest BCUT2D eigenvalue weighted by molar-refractivity contribution is 7.92. The van der Waals surface area contributed by atoms with Crippen LogP contribution in [0.1, 0.15) is 16.2 Å². The second kappa shape index (κ2) is 7.36. The van der Waals surface area contributed by atoms with Gasteiger partial charge in [-0.05, 0) is 30.3 Å². The molecule has 4 N–H and O–H groups in total. The molecule has 0 fully saturated rings. The number of rotatable bonds is 6. The number of anilines is 1. The third-order valence-electron chi connectivity index (χ3n) is 4.07. The lowest BCUT2D eigenvalue weighted by Crippen LogP contribution is -2.23. The van der Waals surface area contributed by atoms with Crippen LogP contribution in [0.4, 0.5) is 5.69 Å². The van der Waals surface area contributed by atoms with Crippen LogP contribution in [0.2, 0.25) is 0 Å². The van der Waals surface area contributed by atoms with Crippen LogP contribution in [0.5, 0.6) is 0 Å². The molecular weight excluding hydrogens is 394 g/mol. The predicted octanol–water partition coefficient (Wildman–Crippen LogP) is 1.65. The second-order valence-electron chi connectivity index (χ2n) is 6.35. The Morgan fingerprint density at radius 1 is 1.21 bits per heavy atom. The number of nitrogens with one attached hydrogen (secondary N) is 4. The summed E-state index contributed by atoms with van der Waals surface area (Å²) in [5.74, 6) is 0.612. The Hall–Kier alpha value is -3.73. The number of hydrogen-bond acceptors (Lipinski definition) is 6. The fourth-order valence-corrected chi connectivity index (χ4v) is 3.39. The molecule has 3 heterocycles. The average Bonchev–Trinajstić information content (AvgIpc) is 3.31. The van der Waals surface area contributed by atoms with Crippen molar-refractivity contribution in [1.82, 2.24) is 30.5 Å². The van der Waals surface area contributed by atoms with Crippen molar-refractivity contribution in [3.8, 4) is 11.4 Å².